The average Bonchev–Trinajstić information content (AvgIpc) is 2.46. The van der Waals surface area contributed by atoms with Gasteiger partial charge in [0.1, 0.15) is 29.1 Å². The molecule has 3 rings (SSSR count). The Bertz CT molecular complexity index is 710. The number of nitrogens with two attached hydrogens (primary N) is 1. The number of phenols is 3. The molecule has 0 aliphatic carbocycles. The Morgan fingerprint density at radius 2 is 1.76 bits per heavy atom. The lowest BCUT2D eigenvalue weighted by molar-refractivity contribution is 0.204. The molecule has 1 aliphatic rings. The number of hydrazone groups is 1. The molecule has 0 saturated heterocycles. The van der Waals surface area contributed by atoms with Crippen LogP contribution < -0.4 is 10.6 Å². The Balaban J connectivity index is 2.04. The zero-order valence-electron chi connectivity index (χ0n) is 11.0. The second-order valence-corrected chi connectivity index (χ2v) is 4.82. The average molecular weight is 286 g/mol. The first-order chi connectivity index (χ1) is 10.1. The first kappa shape index (κ1) is 13.1. The molecular weight excluding hydrogens is 272 g/mol. The van der Waals surface area contributed by atoms with E-state index in [-0.39, 0.29) is 23.4 Å². The summed E-state index contributed by atoms with van der Waals surface area (Å²) in [5.74, 6) is 5.66. The van der Waals surface area contributed by atoms with Crippen LogP contribution in [-0.4, -0.2) is 21.0 Å². The van der Waals surface area contributed by atoms with E-state index >= 15 is 0 Å². The molecule has 6 nitrogen and oxygen atoms in total. The van der Waals surface area contributed by atoms with Crippen molar-refractivity contribution in [1.82, 2.24) is 0 Å². The van der Waals surface area contributed by atoms with Crippen LogP contribution in [0.1, 0.15) is 23.7 Å². The Hall–Kier alpha value is -2.89. The Kier molecular flexibility index (Phi) is 3.06. The molecule has 0 radical (unpaired) electrons. The summed E-state index contributed by atoms with van der Waals surface area (Å²) in [6.45, 7) is 0. The Labute approximate surface area is 120 Å². The van der Waals surface area contributed by atoms with Crippen LogP contribution in [-0.2, 0) is 0 Å². The zero-order chi connectivity index (χ0) is 15.0. The predicted molar refractivity (Wildman–Crippen MR) is 76.6 cm³/mol. The lowest BCUT2D eigenvalue weighted by atomic mass is 9.95. The van der Waals surface area contributed by atoms with Gasteiger partial charge in [0.05, 0.1) is 11.3 Å². The van der Waals surface area contributed by atoms with Gasteiger partial charge in [-0.05, 0) is 17.7 Å². The van der Waals surface area contributed by atoms with E-state index in [1.165, 1.54) is 12.1 Å². The quantitative estimate of drug-likeness (QED) is 0.473. The monoisotopic (exact) mass is 286 g/mol. The van der Waals surface area contributed by atoms with Crippen molar-refractivity contribution in [2.75, 3.05) is 0 Å². The number of ether oxygens (including phenoxy) is 1. The Morgan fingerprint density at radius 3 is 2.43 bits per heavy atom. The van der Waals surface area contributed by atoms with Gasteiger partial charge in [0.15, 0.2) is 0 Å². The number of aromatic hydroxyl groups is 3. The van der Waals surface area contributed by atoms with E-state index in [0.29, 0.717) is 23.4 Å². The summed E-state index contributed by atoms with van der Waals surface area (Å²) in [5, 5.41) is 32.6. The molecule has 108 valence electrons. The highest BCUT2D eigenvalue weighted by atomic mass is 16.5. The summed E-state index contributed by atoms with van der Waals surface area (Å²) in [6, 6.07) is 9.23. The molecule has 5 N–H and O–H groups in total. The molecular formula is C15H14N2O4. The van der Waals surface area contributed by atoms with Gasteiger partial charge in [-0.3, -0.25) is 0 Å². The van der Waals surface area contributed by atoms with Crippen molar-refractivity contribution in [2.45, 2.75) is 12.5 Å². The van der Waals surface area contributed by atoms with Crippen molar-refractivity contribution in [2.24, 2.45) is 10.9 Å². The molecule has 0 spiro atoms. The normalized spacial score (nSPS) is 19.0. The maximum atomic E-state index is 9.92. The third kappa shape index (κ3) is 2.31. The molecule has 0 bridgehead atoms. The summed E-state index contributed by atoms with van der Waals surface area (Å²) in [4.78, 5) is 0. The second kappa shape index (κ2) is 4.90. The van der Waals surface area contributed by atoms with Gasteiger partial charge in [-0.15, -0.1) is 0 Å². The number of hydrogen-bond donors (Lipinski definition) is 4. The molecule has 2 aromatic carbocycles. The van der Waals surface area contributed by atoms with Crippen LogP contribution in [0.2, 0.25) is 0 Å². The van der Waals surface area contributed by atoms with Crippen LogP contribution in [0.15, 0.2) is 41.5 Å². The lowest BCUT2D eigenvalue weighted by Gasteiger charge is -2.27. The lowest BCUT2D eigenvalue weighted by Crippen LogP contribution is -2.22. The fraction of sp³-hybridized carbons (Fsp3) is 0.133. The highest BCUT2D eigenvalue weighted by Crippen LogP contribution is 2.41. The van der Waals surface area contributed by atoms with Gasteiger partial charge < -0.3 is 25.9 Å². The van der Waals surface area contributed by atoms with Crippen molar-refractivity contribution in [3.63, 3.8) is 0 Å². The summed E-state index contributed by atoms with van der Waals surface area (Å²) in [6.07, 6.45) is 0.0219. The molecule has 0 fully saturated rings. The number of benzene rings is 2. The molecule has 0 aromatic heterocycles. The predicted octanol–water partition coefficient (Wildman–Crippen LogP) is 1.99. The van der Waals surface area contributed by atoms with Gasteiger partial charge in [0.25, 0.3) is 0 Å². The molecule has 1 heterocycles. The van der Waals surface area contributed by atoms with Gasteiger partial charge in [-0.2, -0.15) is 5.10 Å². The smallest absolute Gasteiger partial charge is 0.136 e. The highest BCUT2D eigenvalue weighted by Gasteiger charge is 2.29. The summed E-state index contributed by atoms with van der Waals surface area (Å²) in [5.41, 5.74) is 1.72. The molecule has 6 heteroatoms. The van der Waals surface area contributed by atoms with Crippen molar-refractivity contribution >= 4 is 5.71 Å². The number of phenolic OH excluding ortho intramolecular Hbond substituents is 3. The number of nitrogens with zero attached hydrogens (tertiary/aromatic N) is 1. The van der Waals surface area contributed by atoms with Gasteiger partial charge in [-0.25, -0.2) is 0 Å². The minimum atomic E-state index is -0.360. The van der Waals surface area contributed by atoms with Gasteiger partial charge in [-0.1, -0.05) is 12.1 Å². The highest BCUT2D eigenvalue weighted by molar-refractivity contribution is 6.06. The van der Waals surface area contributed by atoms with Crippen LogP contribution >= 0.6 is 0 Å². The fourth-order valence-corrected chi connectivity index (χ4v) is 2.43. The molecule has 1 aliphatic heterocycles. The Morgan fingerprint density at radius 1 is 1.05 bits per heavy atom. The standard InChI is InChI=1S/C15H14N2O4/c16-17-11-7-13(8-1-3-9(18)4-2-8)21-14-6-10(19)5-12(20)15(11)14/h1-6,13,18-20H,7,16H2/t13-/m0/s1. The third-order valence-electron chi connectivity index (χ3n) is 3.42. The zero-order valence-corrected chi connectivity index (χ0v) is 11.0. The largest absolute Gasteiger partial charge is 0.508 e. The maximum Gasteiger partial charge on any atom is 0.136 e. The third-order valence-corrected chi connectivity index (χ3v) is 3.42. The van der Waals surface area contributed by atoms with Crippen LogP contribution in [0.4, 0.5) is 0 Å². The molecule has 0 amide bonds. The van der Waals surface area contributed by atoms with E-state index in [4.69, 9.17) is 10.6 Å². The van der Waals surface area contributed by atoms with Crippen LogP contribution in [0, 0.1) is 0 Å². The second-order valence-electron chi connectivity index (χ2n) is 4.82. The fourth-order valence-electron chi connectivity index (χ4n) is 2.43. The van der Waals surface area contributed by atoms with Crippen molar-refractivity contribution < 1.29 is 20.1 Å². The molecule has 1 atom stereocenters. The van der Waals surface area contributed by atoms with Crippen molar-refractivity contribution in [3.8, 4) is 23.0 Å². The van der Waals surface area contributed by atoms with E-state index < -0.39 is 0 Å². The molecule has 0 saturated carbocycles. The minimum absolute atomic E-state index is 0.103. The van der Waals surface area contributed by atoms with E-state index in [2.05, 4.69) is 5.10 Å². The van der Waals surface area contributed by atoms with Crippen LogP contribution in [0.3, 0.4) is 0 Å². The topological polar surface area (TPSA) is 108 Å². The number of fused-ring (bicyclic) bond motifs is 1. The van der Waals surface area contributed by atoms with Gasteiger partial charge >= 0.3 is 0 Å². The molecule has 0 unspecified atom stereocenters. The maximum absolute atomic E-state index is 9.92. The van der Waals surface area contributed by atoms with Gasteiger partial charge in [0, 0.05) is 18.6 Å². The molecule has 2 aromatic rings. The van der Waals surface area contributed by atoms with Crippen molar-refractivity contribution in [1.29, 1.82) is 0 Å². The van der Waals surface area contributed by atoms with E-state index in [9.17, 15) is 15.3 Å². The van der Waals surface area contributed by atoms with E-state index in [1.807, 2.05) is 0 Å². The van der Waals surface area contributed by atoms with Crippen LogP contribution in [0.5, 0.6) is 23.0 Å². The minimum Gasteiger partial charge on any atom is -0.508 e. The molecule has 21 heavy (non-hydrogen) atoms. The number of rotatable bonds is 1. The van der Waals surface area contributed by atoms with Crippen molar-refractivity contribution in [3.05, 3.63) is 47.5 Å². The van der Waals surface area contributed by atoms with E-state index in [0.717, 1.165) is 5.56 Å². The van der Waals surface area contributed by atoms with Gasteiger partial charge in [0.2, 0.25) is 0 Å². The summed E-state index contributed by atoms with van der Waals surface area (Å²) >= 11 is 0. The SMILES string of the molecule is NN=C1C[C@@H](c2ccc(O)cc2)Oc2cc(O)cc(O)c21. The number of hydrogen-bond acceptors (Lipinski definition) is 6. The van der Waals surface area contributed by atoms with Crippen LogP contribution in [0.25, 0.3) is 0 Å². The van der Waals surface area contributed by atoms with E-state index in [1.54, 1.807) is 24.3 Å². The first-order valence-corrected chi connectivity index (χ1v) is 6.37. The first-order valence-electron chi connectivity index (χ1n) is 6.37. The summed E-state index contributed by atoms with van der Waals surface area (Å²) < 4.78 is 5.81. The summed E-state index contributed by atoms with van der Waals surface area (Å²) in [7, 11) is 0.